The molecule has 1 aromatic carbocycles. The summed E-state index contributed by atoms with van der Waals surface area (Å²) in [5.74, 6) is -5.69. The Hall–Kier alpha value is -4.70. The molecule has 0 bridgehead atoms. The number of benzene rings is 1. The molecular formula is C31H54N12O8S. The fourth-order valence-corrected chi connectivity index (χ4v) is 5.02. The highest BCUT2D eigenvalue weighted by atomic mass is 32.1. The molecule has 6 atom stereocenters. The van der Waals surface area contributed by atoms with Crippen LogP contribution in [0, 0.1) is 5.41 Å². The summed E-state index contributed by atoms with van der Waals surface area (Å²) < 4.78 is 0. The van der Waals surface area contributed by atoms with Gasteiger partial charge in [0, 0.05) is 18.7 Å². The first kappa shape index (κ1) is 45.3. The number of thiol groups is 1. The third kappa shape index (κ3) is 17.0. The van der Waals surface area contributed by atoms with Gasteiger partial charge in [-0.25, -0.2) is 4.79 Å². The Balaban J connectivity index is 3.12. The summed E-state index contributed by atoms with van der Waals surface area (Å²) in [6, 6.07) is -1.56. The molecule has 292 valence electrons. The molecule has 1 aromatic rings. The van der Waals surface area contributed by atoms with Gasteiger partial charge in [-0.2, -0.15) is 12.6 Å². The van der Waals surface area contributed by atoms with E-state index in [1.165, 1.54) is 24.3 Å². The number of phenolic OH excluding ortho intramolecular Hbond substituents is 1. The maximum atomic E-state index is 13.5. The molecule has 19 N–H and O–H groups in total. The van der Waals surface area contributed by atoms with Crippen LogP contribution >= 0.6 is 12.6 Å². The summed E-state index contributed by atoms with van der Waals surface area (Å²) in [6.07, 6.45) is 0.671. The number of hydrogen-bond donors (Lipinski definition) is 15. The van der Waals surface area contributed by atoms with Gasteiger partial charge in [-0.3, -0.25) is 29.4 Å². The summed E-state index contributed by atoms with van der Waals surface area (Å²) in [4.78, 5) is 77.9. The van der Waals surface area contributed by atoms with E-state index in [1.54, 1.807) is 0 Å². The number of carboxylic acid groups (broad SMARTS) is 1. The van der Waals surface area contributed by atoms with Crippen molar-refractivity contribution in [2.45, 2.75) is 81.2 Å². The van der Waals surface area contributed by atoms with E-state index in [0.717, 1.165) is 0 Å². The van der Waals surface area contributed by atoms with Gasteiger partial charge < -0.3 is 70.8 Å². The van der Waals surface area contributed by atoms with Crippen molar-refractivity contribution < 1.29 is 39.0 Å². The van der Waals surface area contributed by atoms with Crippen LogP contribution in [-0.2, 0) is 35.2 Å². The number of carboxylic acids is 1. The first-order valence-corrected chi connectivity index (χ1v) is 17.4. The lowest BCUT2D eigenvalue weighted by atomic mass is 10.0. The maximum absolute atomic E-state index is 13.5. The molecule has 52 heavy (non-hydrogen) atoms. The lowest BCUT2D eigenvalue weighted by molar-refractivity contribution is -0.142. The zero-order valence-corrected chi connectivity index (χ0v) is 29.8. The molecule has 0 saturated heterocycles. The van der Waals surface area contributed by atoms with Gasteiger partial charge in [0.1, 0.15) is 36.0 Å². The molecule has 0 spiro atoms. The second-order valence-corrected chi connectivity index (χ2v) is 12.2. The predicted octanol–water partition coefficient (Wildman–Crippen LogP) is -4.60. The molecule has 0 saturated carbocycles. The minimum Gasteiger partial charge on any atom is -0.508 e. The highest BCUT2D eigenvalue weighted by Gasteiger charge is 2.32. The van der Waals surface area contributed by atoms with Crippen LogP contribution in [0.15, 0.2) is 24.3 Å². The summed E-state index contributed by atoms with van der Waals surface area (Å²) in [6.45, 7) is 0.463. The first-order valence-electron chi connectivity index (χ1n) is 16.7. The smallest absolute Gasteiger partial charge is 0.326 e. The minimum absolute atomic E-state index is 0.0210. The highest BCUT2D eigenvalue weighted by Crippen LogP contribution is 2.12. The van der Waals surface area contributed by atoms with Gasteiger partial charge in [-0.05, 0) is 75.9 Å². The molecule has 1 rings (SSSR count). The number of aliphatic carboxylic acids is 1. The molecule has 0 aliphatic heterocycles. The minimum atomic E-state index is -1.40. The van der Waals surface area contributed by atoms with Gasteiger partial charge in [0.25, 0.3) is 0 Å². The third-order valence-electron chi connectivity index (χ3n) is 7.66. The fraction of sp³-hybridized carbons (Fsp3) is 0.581. The predicted molar refractivity (Wildman–Crippen MR) is 196 cm³/mol. The van der Waals surface area contributed by atoms with Gasteiger partial charge in [-0.1, -0.05) is 12.1 Å². The van der Waals surface area contributed by atoms with Gasteiger partial charge in [0.15, 0.2) is 5.96 Å². The van der Waals surface area contributed by atoms with Crippen LogP contribution in [0.4, 0.5) is 0 Å². The van der Waals surface area contributed by atoms with Crippen LogP contribution < -0.4 is 60.6 Å². The Kier molecular flexibility index (Phi) is 21.3. The van der Waals surface area contributed by atoms with E-state index in [-0.39, 0.29) is 82.2 Å². The van der Waals surface area contributed by atoms with Crippen molar-refractivity contribution in [3.8, 4) is 5.75 Å². The molecule has 5 amide bonds. The summed E-state index contributed by atoms with van der Waals surface area (Å²) in [5, 5.41) is 41.8. The number of carbonyl (C=O) groups excluding carboxylic acids is 5. The standard InChI is InChI=1S/C31H54N12O8S/c32-11-1-3-20(39-25(45)19(35)9-12-33)27(47)43-24(16-52)29(49)41-22(10-13-34)28(48)40-21(4-2-14-38-31(36)37)26(46)42-23(30(50)51)15-17-5-7-18(44)8-6-17/h5-8,19-24,44,52H,1-4,9-16,32-35H2,(H,39,45)(H,40,48)(H,41,49)(H,42,46)(H,43,47)(H,50,51)(H4,36,37,38)/t19-,20-,21-,22-,23-,24-/m0/s1. The zero-order valence-electron chi connectivity index (χ0n) is 28.9. The van der Waals surface area contributed by atoms with Crippen LogP contribution in [-0.4, -0.2) is 120 Å². The SMILES string of the molecule is N=C(N)NCCC[C@H](NC(=O)[C@H](CCN)NC(=O)[C@H](CS)NC(=O)[C@H](CCCN)NC(=O)[C@@H](N)CCN)C(=O)N[C@@H](Cc1ccc(O)cc1)C(=O)O. The van der Waals surface area contributed by atoms with Crippen molar-refractivity contribution in [2.75, 3.05) is 31.9 Å². The third-order valence-corrected chi connectivity index (χ3v) is 8.02. The summed E-state index contributed by atoms with van der Waals surface area (Å²) in [7, 11) is 0. The van der Waals surface area contributed by atoms with Crippen molar-refractivity contribution in [1.82, 2.24) is 31.9 Å². The first-order chi connectivity index (χ1) is 24.7. The van der Waals surface area contributed by atoms with Crippen molar-refractivity contribution in [1.29, 1.82) is 5.41 Å². The fourth-order valence-electron chi connectivity index (χ4n) is 4.76. The van der Waals surface area contributed by atoms with E-state index in [9.17, 15) is 39.0 Å². The van der Waals surface area contributed by atoms with Crippen LogP contribution in [0.2, 0.25) is 0 Å². The monoisotopic (exact) mass is 754 g/mol. The van der Waals surface area contributed by atoms with Gasteiger partial charge in [0.2, 0.25) is 29.5 Å². The van der Waals surface area contributed by atoms with Crippen molar-refractivity contribution in [3.05, 3.63) is 29.8 Å². The molecule has 0 radical (unpaired) electrons. The Labute approximate surface area is 307 Å². The molecule has 0 aromatic heterocycles. The normalized spacial score (nSPS) is 14.3. The molecule has 0 aliphatic carbocycles. The van der Waals surface area contributed by atoms with E-state index in [4.69, 9.17) is 34.1 Å². The Morgan fingerprint density at radius 3 is 1.62 bits per heavy atom. The van der Waals surface area contributed by atoms with Gasteiger partial charge in [-0.15, -0.1) is 0 Å². The second kappa shape index (κ2) is 24.5. The summed E-state index contributed by atoms with van der Waals surface area (Å²) >= 11 is 4.17. The highest BCUT2D eigenvalue weighted by molar-refractivity contribution is 7.80. The van der Waals surface area contributed by atoms with Crippen molar-refractivity contribution >= 4 is 54.1 Å². The number of nitrogens with one attached hydrogen (secondary N) is 7. The number of rotatable bonds is 25. The van der Waals surface area contributed by atoms with Crippen LogP contribution in [0.25, 0.3) is 0 Å². The lowest BCUT2D eigenvalue weighted by Crippen LogP contribution is -2.60. The molecule has 0 aliphatic rings. The Morgan fingerprint density at radius 1 is 0.673 bits per heavy atom. The summed E-state index contributed by atoms with van der Waals surface area (Å²) in [5.41, 5.74) is 28.4. The molecule has 21 heteroatoms. The van der Waals surface area contributed by atoms with E-state index in [0.29, 0.717) is 12.0 Å². The lowest BCUT2D eigenvalue weighted by Gasteiger charge is -2.26. The van der Waals surface area contributed by atoms with Gasteiger partial charge >= 0.3 is 5.97 Å². The quantitative estimate of drug-likeness (QED) is 0.0193. The zero-order chi connectivity index (χ0) is 39.2. The Morgan fingerprint density at radius 2 is 1.13 bits per heavy atom. The van der Waals surface area contributed by atoms with Crippen LogP contribution in [0.1, 0.15) is 44.1 Å². The number of phenols is 1. The van der Waals surface area contributed by atoms with E-state index in [2.05, 4.69) is 44.5 Å². The molecule has 0 heterocycles. The van der Waals surface area contributed by atoms with E-state index >= 15 is 0 Å². The topological polar surface area (TPSA) is 369 Å². The van der Waals surface area contributed by atoms with Crippen molar-refractivity contribution in [3.63, 3.8) is 0 Å². The number of guanidine groups is 1. The number of carbonyl (C=O) groups is 6. The molecule has 20 nitrogen and oxygen atoms in total. The maximum Gasteiger partial charge on any atom is 0.326 e. The van der Waals surface area contributed by atoms with E-state index in [1.807, 2.05) is 0 Å². The number of nitrogens with two attached hydrogens (primary N) is 5. The number of amides is 5. The largest absolute Gasteiger partial charge is 0.508 e. The van der Waals surface area contributed by atoms with Crippen molar-refractivity contribution in [2.24, 2.45) is 28.7 Å². The molecule has 0 unspecified atom stereocenters. The van der Waals surface area contributed by atoms with E-state index < -0.39 is 71.8 Å². The number of hydrogen-bond acceptors (Lipinski definition) is 13. The van der Waals surface area contributed by atoms with Crippen LogP contribution in [0.3, 0.4) is 0 Å². The van der Waals surface area contributed by atoms with Gasteiger partial charge in [0.05, 0.1) is 6.04 Å². The number of aromatic hydroxyl groups is 1. The molecule has 0 fully saturated rings. The van der Waals surface area contributed by atoms with Crippen LogP contribution in [0.5, 0.6) is 5.75 Å². The second-order valence-electron chi connectivity index (χ2n) is 11.9. The Bertz CT molecular complexity index is 1340. The molecular weight excluding hydrogens is 700 g/mol. The average molecular weight is 755 g/mol. The average Bonchev–Trinajstić information content (AvgIpc) is 3.10.